The number of likely N-dealkylation sites (tertiary alicyclic amines) is 1. The molecule has 3 fully saturated rings. The normalized spacial score (nSPS) is 25.3. The highest BCUT2D eigenvalue weighted by Gasteiger charge is 2.75. The van der Waals surface area contributed by atoms with Gasteiger partial charge in [0.1, 0.15) is 11.6 Å². The van der Waals surface area contributed by atoms with Crippen molar-refractivity contribution < 1.29 is 24.2 Å². The van der Waals surface area contributed by atoms with Gasteiger partial charge in [0.15, 0.2) is 0 Å². The quantitative estimate of drug-likeness (QED) is 0.306. The number of nitrogens with zero attached hydrogens (tertiary/aromatic N) is 4. The summed E-state index contributed by atoms with van der Waals surface area (Å²) in [7, 11) is 0. The number of benzene rings is 2. The fraction of sp³-hybridized carbons (Fsp3) is 0.486. The van der Waals surface area contributed by atoms with Crippen LogP contribution in [0.3, 0.4) is 0 Å². The van der Waals surface area contributed by atoms with Crippen LogP contribution in [0.5, 0.6) is 0 Å². The highest BCUT2D eigenvalue weighted by atomic mass is 16.5. The molecule has 3 amide bonds. The third-order valence-electron chi connectivity index (χ3n) is 10.1. The molecule has 3 saturated heterocycles. The first-order valence-electron chi connectivity index (χ1n) is 16.5. The van der Waals surface area contributed by atoms with Crippen LogP contribution in [0.15, 0.2) is 79.9 Å². The second kappa shape index (κ2) is 13.8. The molecule has 246 valence electrons. The Balaban J connectivity index is 1.58. The van der Waals surface area contributed by atoms with Gasteiger partial charge >= 0.3 is 0 Å². The number of para-hydroxylation sites is 1. The van der Waals surface area contributed by atoms with Gasteiger partial charge in [-0.1, -0.05) is 44.2 Å². The van der Waals surface area contributed by atoms with E-state index in [2.05, 4.69) is 31.9 Å². The van der Waals surface area contributed by atoms with Gasteiger partial charge in [-0.05, 0) is 69.0 Å². The van der Waals surface area contributed by atoms with Gasteiger partial charge in [-0.25, -0.2) is 0 Å². The number of hydrogen-bond acceptors (Lipinski definition) is 6. The zero-order valence-electron chi connectivity index (χ0n) is 27.5. The molecule has 3 aliphatic heterocycles. The zero-order valence-corrected chi connectivity index (χ0v) is 27.5. The number of rotatable bonds is 14. The molecule has 2 aromatic carbocycles. The number of aliphatic hydroxyl groups excluding tert-OH is 1. The van der Waals surface area contributed by atoms with Crippen molar-refractivity contribution in [3.8, 4) is 0 Å². The lowest BCUT2D eigenvalue weighted by Crippen LogP contribution is -2.59. The molecular weight excluding hydrogens is 580 g/mol. The van der Waals surface area contributed by atoms with Crippen LogP contribution in [0.2, 0.25) is 0 Å². The van der Waals surface area contributed by atoms with E-state index in [1.54, 1.807) is 26.9 Å². The summed E-state index contributed by atoms with van der Waals surface area (Å²) in [5, 5.41) is 10.6. The van der Waals surface area contributed by atoms with Crippen LogP contribution in [0.4, 0.5) is 17.1 Å². The molecular formula is C37H48N4O5. The van der Waals surface area contributed by atoms with Gasteiger partial charge in [-0.3, -0.25) is 14.4 Å². The van der Waals surface area contributed by atoms with E-state index in [4.69, 9.17) is 4.74 Å². The van der Waals surface area contributed by atoms with Crippen molar-refractivity contribution in [3.05, 3.63) is 79.9 Å². The zero-order chi connectivity index (χ0) is 33.2. The Morgan fingerprint density at radius 1 is 0.957 bits per heavy atom. The van der Waals surface area contributed by atoms with Gasteiger partial charge in [0.25, 0.3) is 5.91 Å². The number of fused-ring (bicyclic) bond motifs is 1. The molecule has 6 atom stereocenters. The number of amides is 3. The summed E-state index contributed by atoms with van der Waals surface area (Å²) in [6.07, 6.45) is 3.87. The number of anilines is 3. The lowest BCUT2D eigenvalue weighted by molar-refractivity contribution is -0.145. The largest absolute Gasteiger partial charge is 0.394 e. The Morgan fingerprint density at radius 3 is 2.07 bits per heavy atom. The van der Waals surface area contributed by atoms with E-state index in [9.17, 15) is 19.5 Å². The van der Waals surface area contributed by atoms with Gasteiger partial charge in [0.2, 0.25) is 11.8 Å². The highest BCUT2D eigenvalue weighted by Crippen LogP contribution is 2.59. The smallest absolute Gasteiger partial charge is 0.253 e. The average molecular weight is 629 g/mol. The van der Waals surface area contributed by atoms with Crippen molar-refractivity contribution in [1.82, 2.24) is 4.90 Å². The molecule has 0 aliphatic carbocycles. The van der Waals surface area contributed by atoms with Crippen molar-refractivity contribution in [1.29, 1.82) is 0 Å². The molecule has 2 aromatic rings. The summed E-state index contributed by atoms with van der Waals surface area (Å²) in [6.45, 7) is 17.7. The first-order chi connectivity index (χ1) is 22.2. The number of carbonyl (C=O) groups is 3. The molecule has 2 bridgehead atoms. The second-order valence-electron chi connectivity index (χ2n) is 12.8. The van der Waals surface area contributed by atoms with E-state index in [0.29, 0.717) is 24.2 Å². The molecule has 46 heavy (non-hydrogen) atoms. The third-order valence-corrected chi connectivity index (χ3v) is 10.1. The molecule has 1 spiro atoms. The van der Waals surface area contributed by atoms with E-state index in [0.717, 1.165) is 18.8 Å². The molecule has 5 rings (SSSR count). The SMILES string of the molecule is C=CCN(C(=O)C1N([C@@H](CO)C(C)C)C(=O)[C@@H]2[C@H](C(=O)N(CC=C)c3ccccc3)[C@@H]3CCC12O3)c1ccc(N(CC)CC)cc1. The number of carbonyl (C=O) groups excluding carboxylic acids is 3. The number of aliphatic hydroxyl groups is 1. The van der Waals surface area contributed by atoms with Crippen LogP contribution in [0.25, 0.3) is 0 Å². The molecule has 2 unspecified atom stereocenters. The summed E-state index contributed by atoms with van der Waals surface area (Å²) in [6, 6.07) is 15.5. The Bertz CT molecular complexity index is 1420. The van der Waals surface area contributed by atoms with Gasteiger partial charge in [0, 0.05) is 43.2 Å². The third kappa shape index (κ3) is 5.53. The van der Waals surface area contributed by atoms with Crippen molar-refractivity contribution in [3.63, 3.8) is 0 Å². The van der Waals surface area contributed by atoms with Gasteiger partial charge in [-0.15, -0.1) is 13.2 Å². The van der Waals surface area contributed by atoms with Crippen LogP contribution >= 0.6 is 0 Å². The lowest BCUT2D eigenvalue weighted by Gasteiger charge is -2.40. The molecule has 0 saturated carbocycles. The lowest BCUT2D eigenvalue weighted by atomic mass is 9.70. The second-order valence-corrected chi connectivity index (χ2v) is 12.8. The highest BCUT2D eigenvalue weighted by molar-refractivity contribution is 6.06. The molecule has 3 heterocycles. The monoisotopic (exact) mass is 628 g/mol. The van der Waals surface area contributed by atoms with E-state index in [-0.39, 0.29) is 43.3 Å². The fourth-order valence-electron chi connectivity index (χ4n) is 7.90. The summed E-state index contributed by atoms with van der Waals surface area (Å²) >= 11 is 0. The fourth-order valence-corrected chi connectivity index (χ4v) is 7.90. The number of ether oxygens (including phenoxy) is 1. The van der Waals surface area contributed by atoms with E-state index >= 15 is 0 Å². The van der Waals surface area contributed by atoms with Gasteiger partial charge in [0.05, 0.1) is 30.6 Å². The molecule has 9 nitrogen and oxygen atoms in total. The maximum absolute atomic E-state index is 14.9. The standard InChI is InChI=1S/C37H48N4O5/c1-7-22-39(27-14-12-11-13-15-27)34(43)31-30-20-21-37(46-30)32(31)35(44)41(29(24-42)25(5)6)33(37)36(45)40(23-8-2)28-18-16-26(17-19-28)38(9-3)10-4/h7-8,11-19,25,29-33,42H,1-2,9-10,20-24H2,3-6H3/t29-,30-,31+,32-,33?,37?/m0/s1. The van der Waals surface area contributed by atoms with Gasteiger partial charge in [-0.2, -0.15) is 0 Å². The maximum Gasteiger partial charge on any atom is 0.253 e. The Hall–Kier alpha value is -3.95. The van der Waals surface area contributed by atoms with Crippen LogP contribution < -0.4 is 14.7 Å². The van der Waals surface area contributed by atoms with E-state index in [1.807, 2.05) is 68.4 Å². The topological polar surface area (TPSA) is 93.6 Å². The maximum atomic E-state index is 14.9. The summed E-state index contributed by atoms with van der Waals surface area (Å²) in [5.74, 6) is -2.60. The predicted octanol–water partition coefficient (Wildman–Crippen LogP) is 4.66. The molecule has 1 N–H and O–H groups in total. The Labute approximate surface area is 273 Å². The summed E-state index contributed by atoms with van der Waals surface area (Å²) < 4.78 is 6.74. The van der Waals surface area contributed by atoms with E-state index < -0.39 is 35.6 Å². The van der Waals surface area contributed by atoms with Crippen molar-refractivity contribution in [2.45, 2.75) is 64.3 Å². The first kappa shape index (κ1) is 33.4. The molecule has 0 aromatic heterocycles. The minimum atomic E-state index is -1.20. The summed E-state index contributed by atoms with van der Waals surface area (Å²) in [4.78, 5) is 51.1. The first-order valence-corrected chi connectivity index (χ1v) is 16.5. The average Bonchev–Trinajstić information content (AvgIpc) is 3.71. The minimum absolute atomic E-state index is 0.145. The summed E-state index contributed by atoms with van der Waals surface area (Å²) in [5.41, 5.74) is 1.25. The Morgan fingerprint density at radius 2 is 1.52 bits per heavy atom. The molecule has 0 radical (unpaired) electrons. The molecule has 9 heteroatoms. The van der Waals surface area contributed by atoms with Crippen molar-refractivity contribution >= 4 is 34.8 Å². The molecule has 3 aliphatic rings. The van der Waals surface area contributed by atoms with E-state index in [1.165, 1.54) is 0 Å². The number of hydrogen-bond donors (Lipinski definition) is 1. The van der Waals surface area contributed by atoms with Crippen LogP contribution in [-0.2, 0) is 19.1 Å². The van der Waals surface area contributed by atoms with Crippen molar-refractivity contribution in [2.75, 3.05) is 47.5 Å². The van der Waals surface area contributed by atoms with Crippen LogP contribution in [-0.4, -0.2) is 84.3 Å². The van der Waals surface area contributed by atoms with Gasteiger partial charge < -0.3 is 29.4 Å². The predicted molar refractivity (Wildman–Crippen MR) is 182 cm³/mol. The Kier molecular flexibility index (Phi) is 10.0. The van der Waals surface area contributed by atoms with Crippen LogP contribution in [0.1, 0.15) is 40.5 Å². The minimum Gasteiger partial charge on any atom is -0.394 e. The van der Waals surface area contributed by atoms with Crippen molar-refractivity contribution in [2.24, 2.45) is 17.8 Å². The van der Waals surface area contributed by atoms with Crippen LogP contribution in [0, 0.1) is 17.8 Å².